The van der Waals surface area contributed by atoms with E-state index in [2.05, 4.69) is 17.6 Å². The van der Waals surface area contributed by atoms with Crippen LogP contribution in [0.2, 0.25) is 0 Å². The standard InChI is InChI=1S/C14H18N2OS/c1-11-6-8-15(9-7-11)10-16-12-4-2-3-5-13(12)17-14(16)18/h2-5,11H,6-10H2,1H3/p+1. The van der Waals surface area contributed by atoms with Crippen LogP contribution in [0.1, 0.15) is 19.8 Å². The van der Waals surface area contributed by atoms with Crippen LogP contribution in [0.25, 0.3) is 11.1 Å². The number of nitrogens with zero attached hydrogens (tertiary/aromatic N) is 1. The highest BCUT2D eigenvalue weighted by Crippen LogP contribution is 2.16. The van der Waals surface area contributed by atoms with E-state index in [9.17, 15) is 0 Å². The molecule has 0 saturated carbocycles. The highest BCUT2D eigenvalue weighted by atomic mass is 32.1. The smallest absolute Gasteiger partial charge is 0.274 e. The van der Waals surface area contributed by atoms with Crippen LogP contribution in [0, 0.1) is 10.8 Å². The molecule has 1 fully saturated rings. The molecule has 1 aromatic heterocycles. The lowest BCUT2D eigenvalue weighted by atomic mass is 10.00. The third kappa shape index (κ3) is 2.22. The molecule has 3 nitrogen and oxygen atoms in total. The van der Waals surface area contributed by atoms with Gasteiger partial charge in [0.1, 0.15) is 0 Å². The number of quaternary nitrogens is 1. The molecule has 0 aliphatic carbocycles. The number of para-hydroxylation sites is 2. The highest BCUT2D eigenvalue weighted by Gasteiger charge is 2.20. The average Bonchev–Trinajstić information content (AvgIpc) is 2.69. The van der Waals surface area contributed by atoms with Gasteiger partial charge in [-0.05, 0) is 43.1 Å². The zero-order chi connectivity index (χ0) is 12.5. The zero-order valence-electron chi connectivity index (χ0n) is 10.7. The van der Waals surface area contributed by atoms with Crippen molar-refractivity contribution in [2.24, 2.45) is 5.92 Å². The number of aromatic nitrogens is 1. The quantitative estimate of drug-likeness (QED) is 0.840. The van der Waals surface area contributed by atoms with E-state index in [1.165, 1.54) is 25.9 Å². The normalized spacial score (nSPS) is 24.5. The van der Waals surface area contributed by atoms with E-state index >= 15 is 0 Å². The van der Waals surface area contributed by atoms with Gasteiger partial charge in [-0.1, -0.05) is 19.1 Å². The van der Waals surface area contributed by atoms with Crippen LogP contribution in [-0.2, 0) is 6.67 Å². The van der Waals surface area contributed by atoms with Crippen LogP contribution in [0.15, 0.2) is 28.7 Å². The fourth-order valence-corrected chi connectivity index (χ4v) is 2.97. The maximum Gasteiger partial charge on any atom is 0.274 e. The Labute approximate surface area is 112 Å². The van der Waals surface area contributed by atoms with Gasteiger partial charge in [-0.3, -0.25) is 4.57 Å². The Kier molecular flexibility index (Phi) is 3.22. The lowest BCUT2D eigenvalue weighted by Crippen LogP contribution is -3.12. The maximum atomic E-state index is 5.63. The predicted octanol–water partition coefficient (Wildman–Crippen LogP) is 2.24. The minimum atomic E-state index is 0.599. The van der Waals surface area contributed by atoms with E-state index < -0.39 is 0 Å². The SMILES string of the molecule is CC1CC[NH+](Cn2c(=S)oc3ccccc32)CC1. The fourth-order valence-electron chi connectivity index (χ4n) is 2.72. The molecule has 0 unspecified atom stereocenters. The molecular formula is C14H19N2OS+. The van der Waals surface area contributed by atoms with Gasteiger partial charge in [0.25, 0.3) is 4.84 Å². The number of fused-ring (bicyclic) bond motifs is 1. The molecule has 0 bridgehead atoms. The van der Waals surface area contributed by atoms with Crippen molar-refractivity contribution < 1.29 is 9.32 Å². The molecule has 0 amide bonds. The maximum absolute atomic E-state index is 5.63. The summed E-state index contributed by atoms with van der Waals surface area (Å²) in [5.41, 5.74) is 2.01. The third-order valence-corrected chi connectivity index (χ3v) is 4.24. The number of likely N-dealkylation sites (tertiary alicyclic amines) is 1. The van der Waals surface area contributed by atoms with E-state index in [4.69, 9.17) is 16.6 Å². The van der Waals surface area contributed by atoms with Gasteiger partial charge in [-0.2, -0.15) is 0 Å². The summed E-state index contributed by atoms with van der Waals surface area (Å²) < 4.78 is 7.76. The van der Waals surface area contributed by atoms with Crippen molar-refractivity contribution in [3.63, 3.8) is 0 Å². The Morgan fingerprint density at radius 2 is 2.06 bits per heavy atom. The highest BCUT2D eigenvalue weighted by molar-refractivity contribution is 7.71. The van der Waals surface area contributed by atoms with Crippen molar-refractivity contribution in [3.05, 3.63) is 29.1 Å². The average molecular weight is 263 g/mol. The third-order valence-electron chi connectivity index (χ3n) is 3.94. The molecule has 1 saturated heterocycles. The van der Waals surface area contributed by atoms with Crippen molar-refractivity contribution in [1.82, 2.24) is 4.57 Å². The van der Waals surface area contributed by atoms with Crippen LogP contribution in [0.3, 0.4) is 0 Å². The van der Waals surface area contributed by atoms with Crippen molar-refractivity contribution >= 4 is 23.3 Å². The van der Waals surface area contributed by atoms with E-state index in [1.54, 1.807) is 4.90 Å². The van der Waals surface area contributed by atoms with Crippen LogP contribution in [0.5, 0.6) is 0 Å². The van der Waals surface area contributed by atoms with Gasteiger partial charge in [0.15, 0.2) is 12.3 Å². The Morgan fingerprint density at radius 3 is 2.83 bits per heavy atom. The Morgan fingerprint density at radius 1 is 1.33 bits per heavy atom. The number of rotatable bonds is 2. The predicted molar refractivity (Wildman–Crippen MR) is 74.1 cm³/mol. The largest absolute Gasteiger partial charge is 0.429 e. The summed E-state index contributed by atoms with van der Waals surface area (Å²) in [4.78, 5) is 2.21. The van der Waals surface area contributed by atoms with Gasteiger partial charge in [-0.15, -0.1) is 0 Å². The molecule has 18 heavy (non-hydrogen) atoms. The summed E-state index contributed by atoms with van der Waals surface area (Å²) in [6.45, 7) is 5.75. The molecule has 2 aromatic rings. The van der Waals surface area contributed by atoms with Gasteiger partial charge in [0, 0.05) is 0 Å². The molecule has 1 aromatic carbocycles. The first kappa shape index (κ1) is 11.9. The summed E-state index contributed by atoms with van der Waals surface area (Å²) in [6, 6.07) is 8.09. The van der Waals surface area contributed by atoms with Crippen LogP contribution >= 0.6 is 12.2 Å². The second-order valence-electron chi connectivity index (χ2n) is 5.35. The van der Waals surface area contributed by atoms with Crippen molar-refractivity contribution in [3.8, 4) is 0 Å². The lowest BCUT2D eigenvalue weighted by Gasteiger charge is -2.27. The summed E-state index contributed by atoms with van der Waals surface area (Å²) in [7, 11) is 0. The molecule has 1 aliphatic rings. The molecule has 4 heteroatoms. The van der Waals surface area contributed by atoms with Crippen LogP contribution in [-0.4, -0.2) is 17.7 Å². The first-order chi connectivity index (χ1) is 8.74. The molecule has 0 radical (unpaired) electrons. The topological polar surface area (TPSA) is 22.5 Å². The van der Waals surface area contributed by atoms with Gasteiger partial charge in [0.05, 0.1) is 18.6 Å². The summed E-state index contributed by atoms with van der Waals surface area (Å²) in [5.74, 6) is 0.878. The van der Waals surface area contributed by atoms with Gasteiger partial charge in [0.2, 0.25) is 0 Å². The molecule has 3 rings (SSSR count). The number of benzene rings is 1. The summed E-state index contributed by atoms with van der Waals surface area (Å²) >= 11 is 5.33. The van der Waals surface area contributed by atoms with Crippen molar-refractivity contribution in [2.45, 2.75) is 26.4 Å². The number of hydrogen-bond acceptors (Lipinski definition) is 2. The number of piperidine rings is 1. The first-order valence-corrected chi connectivity index (χ1v) is 7.07. The van der Waals surface area contributed by atoms with Crippen molar-refractivity contribution in [1.29, 1.82) is 0 Å². The zero-order valence-corrected chi connectivity index (χ0v) is 11.5. The molecule has 96 valence electrons. The lowest BCUT2D eigenvalue weighted by molar-refractivity contribution is -0.928. The Bertz CT molecular complexity index is 593. The fraction of sp³-hybridized carbons (Fsp3) is 0.500. The number of oxazole rings is 1. The Hall–Kier alpha value is -1.13. The van der Waals surface area contributed by atoms with Gasteiger partial charge < -0.3 is 9.32 Å². The molecule has 1 N–H and O–H groups in total. The van der Waals surface area contributed by atoms with Gasteiger partial charge >= 0.3 is 0 Å². The van der Waals surface area contributed by atoms with E-state index in [0.29, 0.717) is 4.84 Å². The molecule has 0 atom stereocenters. The molecule has 2 heterocycles. The molecule has 0 spiro atoms. The van der Waals surface area contributed by atoms with Gasteiger partial charge in [-0.25, -0.2) is 0 Å². The minimum absolute atomic E-state index is 0.599. The molecular weight excluding hydrogens is 244 g/mol. The van der Waals surface area contributed by atoms with Crippen LogP contribution < -0.4 is 4.90 Å². The van der Waals surface area contributed by atoms with Crippen molar-refractivity contribution in [2.75, 3.05) is 13.1 Å². The van der Waals surface area contributed by atoms with Crippen LogP contribution in [0.4, 0.5) is 0 Å². The number of nitrogens with one attached hydrogen (secondary N) is 1. The second-order valence-corrected chi connectivity index (χ2v) is 5.70. The monoisotopic (exact) mass is 263 g/mol. The Balaban J connectivity index is 1.86. The molecule has 1 aliphatic heterocycles. The number of hydrogen-bond donors (Lipinski definition) is 1. The second kappa shape index (κ2) is 4.86. The van der Waals surface area contributed by atoms with E-state index in [1.807, 2.05) is 18.2 Å². The first-order valence-electron chi connectivity index (χ1n) is 6.66. The van der Waals surface area contributed by atoms with E-state index in [0.717, 1.165) is 23.7 Å². The summed E-state index contributed by atoms with van der Waals surface area (Å²) in [6.07, 6.45) is 2.64. The minimum Gasteiger partial charge on any atom is -0.429 e. The summed E-state index contributed by atoms with van der Waals surface area (Å²) in [5, 5.41) is 0. The van der Waals surface area contributed by atoms with E-state index in [-0.39, 0.29) is 0 Å².